The van der Waals surface area contributed by atoms with Crippen molar-refractivity contribution in [2.75, 3.05) is 6.61 Å². The molecule has 102 valence electrons. The largest absolute Gasteiger partial charge is 0.394 e. The van der Waals surface area contributed by atoms with Gasteiger partial charge < -0.3 is 5.11 Å². The number of nitrogens with one attached hydrogen (secondary N) is 1. The summed E-state index contributed by atoms with van der Waals surface area (Å²) in [5.41, 5.74) is 0.660. The summed E-state index contributed by atoms with van der Waals surface area (Å²) < 4.78 is 13.4. The molecule has 0 fully saturated rings. The summed E-state index contributed by atoms with van der Waals surface area (Å²) >= 11 is 7.18. The van der Waals surface area contributed by atoms with Gasteiger partial charge in [-0.3, -0.25) is 5.32 Å². The van der Waals surface area contributed by atoms with Gasteiger partial charge in [0.2, 0.25) is 0 Å². The number of rotatable bonds is 5. The predicted octanol–water partition coefficient (Wildman–Crippen LogP) is 3.32. The number of aliphatic hydroxyl groups excluding tert-OH is 1. The molecular formula is C13H14ClFN2OS. The number of aliphatic hydroxyl groups is 1. The van der Waals surface area contributed by atoms with E-state index in [0.29, 0.717) is 5.56 Å². The third-order valence-electron chi connectivity index (χ3n) is 2.80. The molecule has 0 amide bonds. The minimum absolute atomic E-state index is 0.0177. The van der Waals surface area contributed by atoms with Crippen molar-refractivity contribution in [2.24, 2.45) is 0 Å². The smallest absolute Gasteiger partial charge is 0.142 e. The van der Waals surface area contributed by atoms with Gasteiger partial charge in [-0.25, -0.2) is 9.37 Å². The zero-order valence-electron chi connectivity index (χ0n) is 10.3. The summed E-state index contributed by atoms with van der Waals surface area (Å²) in [7, 11) is 0. The maximum Gasteiger partial charge on any atom is 0.142 e. The van der Waals surface area contributed by atoms with E-state index in [4.69, 9.17) is 11.6 Å². The predicted molar refractivity (Wildman–Crippen MR) is 74.9 cm³/mol. The number of hydrogen-bond donors (Lipinski definition) is 2. The van der Waals surface area contributed by atoms with Crippen molar-refractivity contribution in [3.8, 4) is 0 Å². The van der Waals surface area contributed by atoms with E-state index >= 15 is 0 Å². The van der Waals surface area contributed by atoms with Gasteiger partial charge in [0.05, 0.1) is 23.7 Å². The highest BCUT2D eigenvalue weighted by molar-refractivity contribution is 7.09. The van der Waals surface area contributed by atoms with Gasteiger partial charge in [-0.15, -0.1) is 11.3 Å². The normalized spacial score (nSPS) is 14.3. The third-order valence-corrected chi connectivity index (χ3v) is 4.07. The first-order chi connectivity index (χ1) is 9.11. The van der Waals surface area contributed by atoms with E-state index in [1.165, 1.54) is 23.5 Å². The Morgan fingerprint density at radius 1 is 1.53 bits per heavy atom. The Kier molecular flexibility index (Phi) is 4.87. The standard InChI is InChI=1S/C13H14ClFN2OS/c1-8(13-16-4-5-19-13)17-12(7-18)9-2-3-10(14)11(15)6-9/h2-6,8,12,17-18H,7H2,1H3. The average Bonchev–Trinajstić information content (AvgIpc) is 2.93. The van der Waals surface area contributed by atoms with Gasteiger partial charge in [0.1, 0.15) is 10.8 Å². The van der Waals surface area contributed by atoms with Crippen LogP contribution in [0.4, 0.5) is 4.39 Å². The van der Waals surface area contributed by atoms with Crippen LogP contribution < -0.4 is 5.32 Å². The van der Waals surface area contributed by atoms with Crippen molar-refractivity contribution in [3.05, 3.63) is 51.2 Å². The summed E-state index contributed by atoms with van der Waals surface area (Å²) in [6, 6.07) is 4.16. The molecular weight excluding hydrogens is 287 g/mol. The fraction of sp³-hybridized carbons (Fsp3) is 0.308. The molecule has 2 N–H and O–H groups in total. The van der Waals surface area contributed by atoms with Crippen LogP contribution >= 0.6 is 22.9 Å². The fourth-order valence-corrected chi connectivity index (χ4v) is 2.58. The average molecular weight is 301 g/mol. The topological polar surface area (TPSA) is 45.1 Å². The molecule has 2 unspecified atom stereocenters. The minimum atomic E-state index is -0.485. The first-order valence-electron chi connectivity index (χ1n) is 5.83. The van der Waals surface area contributed by atoms with E-state index in [-0.39, 0.29) is 23.7 Å². The highest BCUT2D eigenvalue weighted by Gasteiger charge is 2.17. The van der Waals surface area contributed by atoms with Crippen LogP contribution in [0.2, 0.25) is 5.02 Å². The molecule has 2 atom stereocenters. The lowest BCUT2D eigenvalue weighted by molar-refractivity contribution is 0.235. The number of benzene rings is 1. The van der Waals surface area contributed by atoms with Crippen LogP contribution in [0.1, 0.15) is 29.6 Å². The summed E-state index contributed by atoms with van der Waals surface area (Å²) in [5.74, 6) is -0.485. The van der Waals surface area contributed by atoms with E-state index in [2.05, 4.69) is 10.3 Å². The minimum Gasteiger partial charge on any atom is -0.394 e. The highest BCUT2D eigenvalue weighted by Crippen LogP contribution is 2.23. The van der Waals surface area contributed by atoms with Crippen LogP contribution in [0, 0.1) is 5.82 Å². The molecule has 0 bridgehead atoms. The number of nitrogens with zero attached hydrogens (tertiary/aromatic N) is 1. The Morgan fingerprint density at radius 2 is 2.32 bits per heavy atom. The molecule has 19 heavy (non-hydrogen) atoms. The molecule has 1 aromatic carbocycles. The lowest BCUT2D eigenvalue weighted by atomic mass is 10.1. The number of halogens is 2. The quantitative estimate of drug-likeness (QED) is 0.890. The molecule has 1 heterocycles. The van der Waals surface area contributed by atoms with Crippen LogP contribution in [-0.2, 0) is 0 Å². The van der Waals surface area contributed by atoms with Crippen molar-refractivity contribution in [1.29, 1.82) is 0 Å². The molecule has 0 spiro atoms. The molecule has 6 heteroatoms. The van der Waals surface area contributed by atoms with Gasteiger partial charge in [0, 0.05) is 11.6 Å². The fourth-order valence-electron chi connectivity index (χ4n) is 1.80. The summed E-state index contributed by atoms with van der Waals surface area (Å²) in [6.07, 6.45) is 1.73. The van der Waals surface area contributed by atoms with Crippen LogP contribution in [0.25, 0.3) is 0 Å². The maximum atomic E-state index is 13.4. The summed E-state index contributed by atoms with van der Waals surface area (Å²) in [6.45, 7) is 1.82. The Morgan fingerprint density at radius 3 is 2.89 bits per heavy atom. The molecule has 0 aliphatic heterocycles. The van der Waals surface area contributed by atoms with Crippen molar-refractivity contribution in [3.63, 3.8) is 0 Å². The van der Waals surface area contributed by atoms with Crippen LogP contribution in [0.5, 0.6) is 0 Å². The molecule has 0 saturated heterocycles. The van der Waals surface area contributed by atoms with Crippen molar-refractivity contribution in [1.82, 2.24) is 10.3 Å². The van der Waals surface area contributed by atoms with Gasteiger partial charge in [0.15, 0.2) is 0 Å². The Balaban J connectivity index is 2.13. The Bertz CT molecular complexity index is 535. The van der Waals surface area contributed by atoms with E-state index in [9.17, 15) is 9.50 Å². The van der Waals surface area contributed by atoms with Crippen molar-refractivity contribution >= 4 is 22.9 Å². The van der Waals surface area contributed by atoms with Crippen LogP contribution in [0.3, 0.4) is 0 Å². The number of aromatic nitrogens is 1. The number of hydrogen-bond acceptors (Lipinski definition) is 4. The lowest BCUT2D eigenvalue weighted by Crippen LogP contribution is -2.27. The van der Waals surface area contributed by atoms with Gasteiger partial charge in [-0.05, 0) is 24.6 Å². The van der Waals surface area contributed by atoms with E-state index in [1.54, 1.807) is 12.3 Å². The molecule has 0 radical (unpaired) electrons. The van der Waals surface area contributed by atoms with E-state index < -0.39 is 5.82 Å². The maximum absolute atomic E-state index is 13.4. The molecule has 2 aromatic rings. The van der Waals surface area contributed by atoms with Crippen molar-refractivity contribution in [2.45, 2.75) is 19.0 Å². The highest BCUT2D eigenvalue weighted by atomic mass is 35.5. The second-order valence-electron chi connectivity index (χ2n) is 4.17. The Labute approximate surface area is 120 Å². The second-order valence-corrected chi connectivity index (χ2v) is 5.50. The molecule has 0 aliphatic carbocycles. The molecule has 2 rings (SSSR count). The number of thiazole rings is 1. The van der Waals surface area contributed by atoms with Gasteiger partial charge in [-0.1, -0.05) is 17.7 Å². The molecule has 0 aliphatic rings. The SMILES string of the molecule is CC(NC(CO)c1ccc(Cl)c(F)c1)c1nccs1. The van der Waals surface area contributed by atoms with Gasteiger partial charge in [0.25, 0.3) is 0 Å². The zero-order valence-corrected chi connectivity index (χ0v) is 11.9. The van der Waals surface area contributed by atoms with E-state index in [1.807, 2.05) is 12.3 Å². The van der Waals surface area contributed by atoms with E-state index in [0.717, 1.165) is 5.01 Å². The summed E-state index contributed by atoms with van der Waals surface area (Å²) in [5, 5.41) is 15.6. The molecule has 0 saturated carbocycles. The van der Waals surface area contributed by atoms with Gasteiger partial charge in [-0.2, -0.15) is 0 Å². The van der Waals surface area contributed by atoms with Crippen molar-refractivity contribution < 1.29 is 9.50 Å². The van der Waals surface area contributed by atoms with Crippen LogP contribution in [0.15, 0.2) is 29.8 Å². The third kappa shape index (κ3) is 3.51. The summed E-state index contributed by atoms with van der Waals surface area (Å²) in [4.78, 5) is 4.21. The first-order valence-corrected chi connectivity index (χ1v) is 7.09. The lowest BCUT2D eigenvalue weighted by Gasteiger charge is -2.21. The Hall–Kier alpha value is -1.01. The molecule has 3 nitrogen and oxygen atoms in total. The zero-order chi connectivity index (χ0) is 13.8. The second kappa shape index (κ2) is 6.43. The van der Waals surface area contributed by atoms with Gasteiger partial charge >= 0.3 is 0 Å². The van der Waals surface area contributed by atoms with Crippen LogP contribution in [-0.4, -0.2) is 16.7 Å². The molecule has 1 aromatic heterocycles. The monoisotopic (exact) mass is 300 g/mol. The first kappa shape index (κ1) is 14.4.